The van der Waals surface area contributed by atoms with Crippen molar-refractivity contribution in [2.75, 3.05) is 0 Å². The smallest absolute Gasteiger partial charge is 0.152 e. The zero-order chi connectivity index (χ0) is 9.97. The predicted octanol–water partition coefficient (Wildman–Crippen LogP) is 1.48. The molecule has 18 heavy (non-hydrogen) atoms. The number of amides is 1. The molecule has 0 aliphatic heterocycles. The third-order valence-electron chi connectivity index (χ3n) is 1.89. The van der Waals surface area contributed by atoms with Gasteiger partial charge in [-0.3, -0.25) is 0 Å². The predicted molar refractivity (Wildman–Crippen MR) is 60.0 cm³/mol. The van der Waals surface area contributed by atoms with E-state index in [0.717, 1.165) is 5.56 Å². The van der Waals surface area contributed by atoms with E-state index >= 15 is 0 Å². The van der Waals surface area contributed by atoms with Crippen molar-refractivity contribution < 1.29 is 85.6 Å². The number of rotatable bonds is 2. The Bertz CT molecular complexity index is 459. The molecule has 5 nitrogen and oxygen atoms in total. The Labute approximate surface area is 155 Å². The van der Waals surface area contributed by atoms with E-state index in [9.17, 15) is 4.79 Å². The molecule has 5 N–H and O–H groups in total. The molecular weight excluding hydrogens is 388 g/mol. The summed E-state index contributed by atoms with van der Waals surface area (Å²) < 4.78 is 5.19. The maximum absolute atomic E-state index is 10.7. The summed E-state index contributed by atoms with van der Waals surface area (Å²) in [4.78, 5) is 10.7. The molecule has 0 atom stereocenters. The second-order valence-electron chi connectivity index (χ2n) is 2.86. The molecule has 1 heterocycles. The van der Waals surface area contributed by atoms with Crippen molar-refractivity contribution in [3.05, 3.63) is 54.0 Å². The van der Waals surface area contributed by atoms with Crippen LogP contribution in [-0.2, 0) is 65.4 Å². The van der Waals surface area contributed by atoms with Gasteiger partial charge in [-0.1, -0.05) is 30.3 Å². The molecule has 7 heteroatoms. The number of nitrogens with one attached hydrogen (secondary N) is 1. The van der Waals surface area contributed by atoms with Gasteiger partial charge in [0, 0.05) is 71.0 Å². The summed E-state index contributed by atoms with van der Waals surface area (Å²) in [6.45, 7) is 0. The van der Waals surface area contributed by atoms with E-state index in [4.69, 9.17) is 10.2 Å². The van der Waals surface area contributed by atoms with Gasteiger partial charge < -0.3 is 25.9 Å². The topological polar surface area (TPSA) is 117 Å². The fraction of sp³-hybridized carbons (Fsp3) is 0. The normalized spacial score (nSPS) is 7.78. The van der Waals surface area contributed by atoms with Crippen LogP contribution in [0, 0.1) is 0 Å². The molecule has 1 aromatic heterocycles. The molecule has 0 bridgehead atoms. The second-order valence-corrected chi connectivity index (χ2v) is 2.86. The first-order valence-electron chi connectivity index (χ1n) is 4.18. The monoisotopic (exact) mass is 400 g/mol. The van der Waals surface area contributed by atoms with E-state index in [-0.39, 0.29) is 82.1 Å². The van der Waals surface area contributed by atoms with Crippen molar-refractivity contribution in [3.8, 4) is 11.3 Å². The molecule has 2 rings (SSSR count). The van der Waals surface area contributed by atoms with Crippen molar-refractivity contribution in [1.29, 1.82) is 0 Å². The number of benzene rings is 1. The average Bonchev–Trinajstić information content (AvgIpc) is 2.68. The van der Waals surface area contributed by atoms with Crippen LogP contribution in [0.2, 0.25) is 0 Å². The number of hydrogen-bond acceptors (Lipinski definition) is 2. The van der Waals surface area contributed by atoms with Crippen molar-refractivity contribution in [2.24, 2.45) is 0 Å². The van der Waals surface area contributed by atoms with Crippen LogP contribution in [0.3, 0.4) is 0 Å². The molecule has 92 valence electrons. The molecule has 2 radical (unpaired) electrons. The van der Waals surface area contributed by atoms with Gasteiger partial charge in [0.15, 0.2) is 5.76 Å². The molecule has 0 unspecified atom stereocenters. The fourth-order valence-electron chi connectivity index (χ4n) is 1.22. The molecule has 0 spiro atoms. The van der Waals surface area contributed by atoms with E-state index in [1.807, 2.05) is 30.3 Å². The van der Waals surface area contributed by atoms with Crippen molar-refractivity contribution >= 4 is 5.91 Å². The molecule has 2 aromatic rings. The Morgan fingerprint density at radius 1 is 0.944 bits per heavy atom. The van der Waals surface area contributed by atoms with Crippen molar-refractivity contribution in [1.82, 2.24) is 0 Å². The third kappa shape index (κ3) is 5.83. The average molecular weight is 400 g/mol. The number of carbonyl (C=O) groups is 1. The van der Waals surface area contributed by atoms with Crippen LogP contribution in [0.1, 0.15) is 10.6 Å². The van der Waals surface area contributed by atoms with Gasteiger partial charge in [-0.05, 0) is 12.1 Å². The minimum atomic E-state index is -0.799. The van der Waals surface area contributed by atoms with Crippen molar-refractivity contribution in [3.63, 3.8) is 0 Å². The van der Waals surface area contributed by atoms with Gasteiger partial charge in [-0.2, -0.15) is 0 Å². The minimum absolute atomic E-state index is 0. The van der Waals surface area contributed by atoms with E-state index in [2.05, 4.69) is 0 Å². The van der Waals surface area contributed by atoms with E-state index in [1.165, 1.54) is 6.07 Å². The Balaban J connectivity index is -0.000000562. The summed E-state index contributed by atoms with van der Waals surface area (Å²) in [5.74, 6) is -0.114. The van der Waals surface area contributed by atoms with Crippen LogP contribution < -0.4 is 0 Å². The van der Waals surface area contributed by atoms with Gasteiger partial charge in [-0.15, -0.1) is 0 Å². The van der Waals surface area contributed by atoms with Crippen LogP contribution in [0.15, 0.2) is 46.9 Å². The Morgan fingerprint density at radius 3 is 1.94 bits per heavy atom. The Kier molecular flexibility index (Phi) is 14.1. The summed E-state index contributed by atoms with van der Waals surface area (Å²) in [7, 11) is 0. The van der Waals surface area contributed by atoms with Gasteiger partial charge in [0.2, 0.25) is 0 Å². The summed E-state index contributed by atoms with van der Waals surface area (Å²) in [5, 5.41) is 0. The Morgan fingerprint density at radius 2 is 1.50 bits per heavy atom. The van der Waals surface area contributed by atoms with E-state index in [0.29, 0.717) is 5.76 Å². The maximum atomic E-state index is 10.7. The molecule has 0 fully saturated rings. The first kappa shape index (κ1) is 23.2. The second kappa shape index (κ2) is 11.0. The molecule has 0 saturated carbocycles. The van der Waals surface area contributed by atoms with Gasteiger partial charge in [0.05, 0.1) is 0 Å². The van der Waals surface area contributed by atoms with Crippen LogP contribution in [0.5, 0.6) is 0 Å². The summed E-state index contributed by atoms with van der Waals surface area (Å²) in [5.41, 5.74) is 7.76. The summed E-state index contributed by atoms with van der Waals surface area (Å²) in [6.07, 6.45) is 0. The minimum Gasteiger partial charge on any atom is -0.661 e. The molecule has 1 aromatic carbocycles. The number of hydrogen-bond donors (Lipinski definition) is 0. The molecular formula is C11H12NO4Y2-. The van der Waals surface area contributed by atoms with Crippen molar-refractivity contribution in [2.45, 2.75) is 0 Å². The number of furan rings is 1. The zero-order valence-electron chi connectivity index (χ0n) is 9.51. The van der Waals surface area contributed by atoms with Gasteiger partial charge in [0.25, 0.3) is 0 Å². The zero-order valence-corrected chi connectivity index (χ0v) is 15.2. The fourth-order valence-corrected chi connectivity index (χ4v) is 1.22. The standard InChI is InChI=1S/C11H9NO2.2H2O.2Y/c12-11(13)10-7-6-9(14-10)8-4-2-1-3-5-8;;;;/h1-7H,(H2,12,13);2*1H2;;/p-1. The molecule has 1 amide bonds. The first-order chi connectivity index (χ1) is 6.77. The molecule has 0 aliphatic carbocycles. The molecule has 0 saturated heterocycles. The van der Waals surface area contributed by atoms with Crippen LogP contribution in [-0.4, -0.2) is 16.9 Å². The molecule has 0 aliphatic rings. The van der Waals surface area contributed by atoms with Gasteiger partial charge in [0.1, 0.15) is 11.7 Å². The summed E-state index contributed by atoms with van der Waals surface area (Å²) in [6, 6.07) is 12.7. The quantitative estimate of drug-likeness (QED) is 0.760. The maximum Gasteiger partial charge on any atom is 0.152 e. The van der Waals surface area contributed by atoms with Gasteiger partial charge in [-0.25, -0.2) is 0 Å². The third-order valence-corrected chi connectivity index (χ3v) is 1.89. The van der Waals surface area contributed by atoms with E-state index in [1.54, 1.807) is 6.07 Å². The SMILES string of the molecule is O.O.[NH-]C(=O)c1ccc(-c2ccccc2)o1.[Y].[Y]. The summed E-state index contributed by atoms with van der Waals surface area (Å²) >= 11 is 0. The van der Waals surface area contributed by atoms with Gasteiger partial charge >= 0.3 is 0 Å². The number of carbonyl (C=O) groups excluding carboxylic acids is 1. The van der Waals surface area contributed by atoms with Crippen LogP contribution >= 0.6 is 0 Å². The van der Waals surface area contributed by atoms with Crippen LogP contribution in [0.4, 0.5) is 0 Å². The van der Waals surface area contributed by atoms with E-state index < -0.39 is 5.91 Å². The Hall–Kier alpha value is 0.0978. The largest absolute Gasteiger partial charge is 0.661 e. The van der Waals surface area contributed by atoms with Crippen LogP contribution in [0.25, 0.3) is 17.1 Å². The first-order valence-corrected chi connectivity index (χ1v) is 4.18.